The Balaban J connectivity index is 2.19. The zero-order chi connectivity index (χ0) is 10.9. The molecule has 1 fully saturated rings. The predicted octanol–water partition coefficient (Wildman–Crippen LogP) is 1.15. The highest BCUT2D eigenvalue weighted by molar-refractivity contribution is 7.84. The summed E-state index contributed by atoms with van der Waals surface area (Å²) in [6, 6.07) is 9.41. The quantitative estimate of drug-likeness (QED) is 0.761. The molecule has 1 aromatic rings. The molecule has 0 aliphatic carbocycles. The van der Waals surface area contributed by atoms with E-state index in [1.54, 1.807) is 0 Å². The van der Waals surface area contributed by atoms with Crippen molar-refractivity contribution in [2.75, 3.05) is 6.61 Å². The average molecular weight is 227 g/mol. The van der Waals surface area contributed by atoms with Crippen molar-refractivity contribution in [1.29, 1.82) is 0 Å². The largest absolute Gasteiger partial charge is 0.339 e. The van der Waals surface area contributed by atoms with Crippen molar-refractivity contribution in [2.24, 2.45) is 0 Å². The minimum atomic E-state index is -3.50. The standard InChI is InChI=1S/C10H13NO3S/c1-9-8-14-15(12,13)11(9)7-10-5-3-2-4-6-10/h2-6,9H,7-8H2,1H3/t9-/m0/s1. The topological polar surface area (TPSA) is 46.6 Å². The Morgan fingerprint density at radius 3 is 2.60 bits per heavy atom. The van der Waals surface area contributed by atoms with Gasteiger partial charge in [0.15, 0.2) is 0 Å². The molecule has 0 amide bonds. The number of hydrogen-bond acceptors (Lipinski definition) is 3. The van der Waals surface area contributed by atoms with E-state index in [0.29, 0.717) is 6.54 Å². The molecular formula is C10H13NO3S. The third-order valence-corrected chi connectivity index (χ3v) is 3.92. The Morgan fingerprint density at radius 1 is 1.40 bits per heavy atom. The molecule has 1 aliphatic heterocycles. The fraction of sp³-hybridized carbons (Fsp3) is 0.400. The zero-order valence-corrected chi connectivity index (χ0v) is 9.28. The van der Waals surface area contributed by atoms with Gasteiger partial charge in [0.25, 0.3) is 0 Å². The first-order chi connectivity index (χ1) is 7.09. The summed E-state index contributed by atoms with van der Waals surface area (Å²) >= 11 is 0. The number of hydrogen-bond donors (Lipinski definition) is 0. The number of nitrogens with zero attached hydrogens (tertiary/aromatic N) is 1. The molecule has 0 N–H and O–H groups in total. The smallest absolute Gasteiger partial charge is 0.256 e. The minimum Gasteiger partial charge on any atom is -0.256 e. The Hall–Kier alpha value is -0.910. The molecule has 1 saturated heterocycles. The Kier molecular flexibility index (Phi) is 2.77. The SMILES string of the molecule is C[C@H]1COS(=O)(=O)N1Cc1ccccc1. The van der Waals surface area contributed by atoms with Crippen LogP contribution in [0.25, 0.3) is 0 Å². The van der Waals surface area contributed by atoms with Gasteiger partial charge in [0, 0.05) is 12.6 Å². The van der Waals surface area contributed by atoms with Crippen molar-refractivity contribution in [3.05, 3.63) is 35.9 Å². The fourth-order valence-electron chi connectivity index (χ4n) is 1.55. The van der Waals surface area contributed by atoms with Crippen LogP contribution >= 0.6 is 0 Å². The van der Waals surface area contributed by atoms with E-state index in [-0.39, 0.29) is 12.6 Å². The molecule has 1 aromatic carbocycles. The van der Waals surface area contributed by atoms with Crippen molar-refractivity contribution in [1.82, 2.24) is 4.31 Å². The lowest BCUT2D eigenvalue weighted by molar-refractivity contribution is 0.323. The second-order valence-electron chi connectivity index (χ2n) is 3.62. The van der Waals surface area contributed by atoms with E-state index in [1.807, 2.05) is 37.3 Å². The van der Waals surface area contributed by atoms with Gasteiger partial charge in [-0.05, 0) is 12.5 Å². The van der Waals surface area contributed by atoms with Crippen LogP contribution in [0.15, 0.2) is 30.3 Å². The van der Waals surface area contributed by atoms with Crippen molar-refractivity contribution < 1.29 is 12.6 Å². The maximum Gasteiger partial charge on any atom is 0.339 e. The van der Waals surface area contributed by atoms with Crippen LogP contribution in [0.3, 0.4) is 0 Å². The molecule has 0 bridgehead atoms. The van der Waals surface area contributed by atoms with Crippen LogP contribution in [0.2, 0.25) is 0 Å². The maximum absolute atomic E-state index is 11.5. The van der Waals surface area contributed by atoms with Gasteiger partial charge in [0.1, 0.15) is 0 Å². The third kappa shape index (κ3) is 2.19. The van der Waals surface area contributed by atoms with Crippen molar-refractivity contribution in [3.8, 4) is 0 Å². The Bertz CT molecular complexity index is 429. The van der Waals surface area contributed by atoms with Crippen LogP contribution in [-0.4, -0.2) is 25.4 Å². The molecule has 1 aliphatic rings. The summed E-state index contributed by atoms with van der Waals surface area (Å²) in [6.45, 7) is 2.47. The summed E-state index contributed by atoms with van der Waals surface area (Å²) in [5, 5.41) is 0. The van der Waals surface area contributed by atoms with Crippen LogP contribution in [0, 0.1) is 0 Å². The highest BCUT2D eigenvalue weighted by atomic mass is 32.2. The van der Waals surface area contributed by atoms with Crippen molar-refractivity contribution >= 4 is 10.3 Å². The molecule has 0 spiro atoms. The first kappa shape index (κ1) is 10.6. The highest BCUT2D eigenvalue weighted by Gasteiger charge is 2.35. The third-order valence-electron chi connectivity index (χ3n) is 2.42. The lowest BCUT2D eigenvalue weighted by atomic mass is 10.2. The van der Waals surface area contributed by atoms with E-state index in [4.69, 9.17) is 4.18 Å². The van der Waals surface area contributed by atoms with Gasteiger partial charge < -0.3 is 0 Å². The summed E-state index contributed by atoms with van der Waals surface area (Å²) in [6.07, 6.45) is 0. The second kappa shape index (κ2) is 3.92. The van der Waals surface area contributed by atoms with E-state index < -0.39 is 10.3 Å². The van der Waals surface area contributed by atoms with Gasteiger partial charge in [-0.2, -0.15) is 12.7 Å². The van der Waals surface area contributed by atoms with Gasteiger partial charge in [0.05, 0.1) is 6.61 Å². The number of rotatable bonds is 2. The van der Waals surface area contributed by atoms with Gasteiger partial charge in [0.2, 0.25) is 0 Å². The molecule has 82 valence electrons. The first-order valence-corrected chi connectivity index (χ1v) is 6.16. The van der Waals surface area contributed by atoms with Gasteiger partial charge in [-0.15, -0.1) is 0 Å². The second-order valence-corrected chi connectivity index (χ2v) is 5.18. The highest BCUT2D eigenvalue weighted by Crippen LogP contribution is 2.20. The molecule has 2 rings (SSSR count). The lowest BCUT2D eigenvalue weighted by Gasteiger charge is -2.16. The predicted molar refractivity (Wildman–Crippen MR) is 56.3 cm³/mol. The van der Waals surface area contributed by atoms with Crippen molar-refractivity contribution in [3.63, 3.8) is 0 Å². The van der Waals surface area contributed by atoms with Crippen LogP contribution in [0.4, 0.5) is 0 Å². The number of benzene rings is 1. The lowest BCUT2D eigenvalue weighted by Crippen LogP contribution is -2.31. The molecule has 0 saturated carbocycles. The molecule has 0 radical (unpaired) electrons. The van der Waals surface area contributed by atoms with E-state index in [2.05, 4.69) is 0 Å². The van der Waals surface area contributed by atoms with Crippen molar-refractivity contribution in [2.45, 2.75) is 19.5 Å². The Morgan fingerprint density at radius 2 is 2.07 bits per heavy atom. The molecule has 0 unspecified atom stereocenters. The summed E-state index contributed by atoms with van der Waals surface area (Å²) < 4.78 is 29.1. The monoisotopic (exact) mass is 227 g/mol. The average Bonchev–Trinajstić information content (AvgIpc) is 2.47. The Labute approximate surface area is 89.7 Å². The van der Waals surface area contributed by atoms with Crippen LogP contribution in [-0.2, 0) is 21.0 Å². The first-order valence-electron chi connectivity index (χ1n) is 4.80. The summed E-state index contributed by atoms with van der Waals surface area (Å²) in [4.78, 5) is 0. The van der Waals surface area contributed by atoms with Gasteiger partial charge in [-0.25, -0.2) is 0 Å². The summed E-state index contributed by atoms with van der Waals surface area (Å²) in [5.41, 5.74) is 0.971. The molecule has 4 nitrogen and oxygen atoms in total. The maximum atomic E-state index is 11.5. The van der Waals surface area contributed by atoms with Gasteiger partial charge >= 0.3 is 10.3 Å². The summed E-state index contributed by atoms with van der Waals surface area (Å²) in [7, 11) is -3.50. The fourth-order valence-corrected chi connectivity index (χ4v) is 2.87. The normalized spacial score (nSPS) is 25.5. The van der Waals surface area contributed by atoms with Crippen LogP contribution < -0.4 is 0 Å². The minimum absolute atomic E-state index is 0.0878. The van der Waals surface area contributed by atoms with E-state index in [1.165, 1.54) is 4.31 Å². The van der Waals surface area contributed by atoms with E-state index >= 15 is 0 Å². The zero-order valence-electron chi connectivity index (χ0n) is 8.46. The molecule has 5 heteroatoms. The van der Waals surface area contributed by atoms with Gasteiger partial charge in [-0.3, -0.25) is 4.18 Å². The summed E-state index contributed by atoms with van der Waals surface area (Å²) in [5.74, 6) is 0. The molecule has 1 heterocycles. The van der Waals surface area contributed by atoms with Gasteiger partial charge in [-0.1, -0.05) is 30.3 Å². The molecule has 1 atom stereocenters. The van der Waals surface area contributed by atoms with Crippen LogP contribution in [0.1, 0.15) is 12.5 Å². The van der Waals surface area contributed by atoms with E-state index in [0.717, 1.165) is 5.56 Å². The van der Waals surface area contributed by atoms with E-state index in [9.17, 15) is 8.42 Å². The molecule has 0 aromatic heterocycles. The molecular weight excluding hydrogens is 214 g/mol. The van der Waals surface area contributed by atoms with Crippen LogP contribution in [0.5, 0.6) is 0 Å². The molecule has 15 heavy (non-hydrogen) atoms.